The number of thiophene rings is 1. The minimum atomic E-state index is 0.258. The third kappa shape index (κ3) is 2.65. The lowest BCUT2D eigenvalue weighted by Crippen LogP contribution is -2.39. The maximum Gasteiger partial charge on any atom is 0.224 e. The fourth-order valence-corrected chi connectivity index (χ4v) is 4.76. The average Bonchev–Trinajstić information content (AvgIpc) is 3.25. The summed E-state index contributed by atoms with van der Waals surface area (Å²) in [6, 6.07) is 12.9. The predicted octanol–water partition coefficient (Wildman–Crippen LogP) is 4.63. The third-order valence-corrected chi connectivity index (χ3v) is 6.05. The number of rotatable bonds is 4. The fourth-order valence-electron chi connectivity index (χ4n) is 3.83. The molecular weight excluding hydrogens is 316 g/mol. The first-order valence-corrected chi connectivity index (χ1v) is 9.55. The van der Waals surface area contributed by atoms with Crippen LogP contribution in [0.3, 0.4) is 0 Å². The Bertz CT molecular complexity index is 863. The predicted molar refractivity (Wildman–Crippen MR) is 99.3 cm³/mol. The second kappa shape index (κ2) is 6.44. The van der Waals surface area contributed by atoms with E-state index in [1.807, 2.05) is 11.3 Å². The topological polar surface area (TPSA) is 25.2 Å². The Kier molecular flexibility index (Phi) is 4.15. The molecular formula is C20H22N2OS. The Balaban J connectivity index is 1.48. The summed E-state index contributed by atoms with van der Waals surface area (Å²) >= 11 is 1.83. The number of amides is 1. The molecule has 3 heterocycles. The number of carbonyl (C=O) groups excluding carboxylic acids is 1. The number of hydrogen-bond donors (Lipinski definition) is 0. The largest absolute Gasteiger partial charge is 0.347 e. The number of carbonyl (C=O) groups is 1. The van der Waals surface area contributed by atoms with Crippen molar-refractivity contribution < 1.29 is 4.79 Å². The van der Waals surface area contributed by atoms with Crippen LogP contribution in [0.4, 0.5) is 0 Å². The molecule has 2 aromatic heterocycles. The van der Waals surface area contributed by atoms with Crippen molar-refractivity contribution in [3.8, 4) is 0 Å². The highest BCUT2D eigenvalue weighted by Gasteiger charge is 2.29. The molecule has 3 nitrogen and oxygen atoms in total. The van der Waals surface area contributed by atoms with E-state index in [1.54, 1.807) is 0 Å². The van der Waals surface area contributed by atoms with Crippen molar-refractivity contribution in [1.29, 1.82) is 0 Å². The summed E-state index contributed by atoms with van der Waals surface area (Å²) < 4.78 is 2.19. The first-order valence-electron chi connectivity index (χ1n) is 8.67. The molecule has 0 bridgehead atoms. The van der Waals surface area contributed by atoms with Crippen LogP contribution in [0, 0.1) is 0 Å². The van der Waals surface area contributed by atoms with Gasteiger partial charge in [0.2, 0.25) is 5.91 Å². The van der Waals surface area contributed by atoms with Crippen molar-refractivity contribution in [2.24, 2.45) is 0 Å². The van der Waals surface area contributed by atoms with Crippen molar-refractivity contribution >= 4 is 28.1 Å². The van der Waals surface area contributed by atoms with E-state index in [2.05, 4.69) is 64.4 Å². The number of aryl methyl sites for hydroxylation is 1. The van der Waals surface area contributed by atoms with Crippen LogP contribution in [0.15, 0.2) is 48.0 Å². The maximum absolute atomic E-state index is 12.8. The fraction of sp³-hybridized carbons (Fsp3) is 0.350. The molecule has 0 saturated heterocycles. The molecule has 4 rings (SSSR count). The molecule has 1 amide bonds. The number of benzene rings is 1. The van der Waals surface area contributed by atoms with Gasteiger partial charge in [0.1, 0.15) is 0 Å². The van der Waals surface area contributed by atoms with Crippen LogP contribution in [0.5, 0.6) is 0 Å². The van der Waals surface area contributed by atoms with Crippen molar-refractivity contribution in [3.63, 3.8) is 0 Å². The Hall–Kier alpha value is -2.07. The average molecular weight is 338 g/mol. The van der Waals surface area contributed by atoms with Gasteiger partial charge in [0.05, 0.1) is 6.04 Å². The van der Waals surface area contributed by atoms with Gasteiger partial charge in [-0.1, -0.05) is 25.1 Å². The van der Waals surface area contributed by atoms with Gasteiger partial charge in [0.15, 0.2) is 0 Å². The second-order valence-corrected chi connectivity index (χ2v) is 7.38. The molecule has 0 saturated carbocycles. The van der Waals surface area contributed by atoms with Gasteiger partial charge in [-0.2, -0.15) is 0 Å². The molecule has 1 aliphatic heterocycles. The minimum absolute atomic E-state index is 0.258. The van der Waals surface area contributed by atoms with E-state index in [0.29, 0.717) is 6.42 Å². The number of hydrogen-bond acceptors (Lipinski definition) is 2. The van der Waals surface area contributed by atoms with E-state index in [0.717, 1.165) is 25.9 Å². The zero-order valence-corrected chi connectivity index (χ0v) is 14.8. The van der Waals surface area contributed by atoms with Crippen molar-refractivity contribution in [2.45, 2.75) is 38.8 Å². The van der Waals surface area contributed by atoms with Crippen LogP contribution in [-0.2, 0) is 17.8 Å². The maximum atomic E-state index is 12.8. The highest BCUT2D eigenvalue weighted by Crippen LogP contribution is 2.35. The van der Waals surface area contributed by atoms with E-state index in [9.17, 15) is 4.79 Å². The summed E-state index contributed by atoms with van der Waals surface area (Å²) in [5.74, 6) is 0.275. The first kappa shape index (κ1) is 15.5. The van der Waals surface area contributed by atoms with Gasteiger partial charge in [-0.3, -0.25) is 4.79 Å². The molecule has 1 aliphatic rings. The van der Waals surface area contributed by atoms with E-state index in [1.165, 1.54) is 21.3 Å². The van der Waals surface area contributed by atoms with Crippen molar-refractivity contribution in [2.75, 3.05) is 6.54 Å². The van der Waals surface area contributed by atoms with Gasteiger partial charge in [-0.15, -0.1) is 11.3 Å². The van der Waals surface area contributed by atoms with Gasteiger partial charge in [-0.05, 0) is 47.4 Å². The van der Waals surface area contributed by atoms with Crippen molar-refractivity contribution in [3.05, 3.63) is 58.4 Å². The summed E-state index contributed by atoms with van der Waals surface area (Å²) in [4.78, 5) is 16.4. The second-order valence-electron chi connectivity index (χ2n) is 6.38. The van der Waals surface area contributed by atoms with Gasteiger partial charge in [0.25, 0.3) is 0 Å². The van der Waals surface area contributed by atoms with Crippen LogP contribution < -0.4 is 0 Å². The van der Waals surface area contributed by atoms with Crippen LogP contribution >= 0.6 is 11.3 Å². The number of nitrogens with zero attached hydrogens (tertiary/aromatic N) is 2. The van der Waals surface area contributed by atoms with Crippen molar-refractivity contribution in [1.82, 2.24) is 9.47 Å². The molecule has 24 heavy (non-hydrogen) atoms. The molecule has 0 N–H and O–H groups in total. The molecule has 1 atom stereocenters. The molecule has 0 radical (unpaired) electrons. The molecule has 1 aromatic carbocycles. The summed E-state index contributed by atoms with van der Waals surface area (Å²) in [5, 5.41) is 3.39. The van der Waals surface area contributed by atoms with Gasteiger partial charge in [-0.25, -0.2) is 0 Å². The van der Waals surface area contributed by atoms with Crippen LogP contribution in [0.2, 0.25) is 0 Å². The molecule has 1 unspecified atom stereocenters. The number of fused-ring (bicyclic) bond motifs is 2. The third-order valence-electron chi connectivity index (χ3n) is 5.05. The lowest BCUT2D eigenvalue weighted by atomic mass is 9.97. The van der Waals surface area contributed by atoms with E-state index in [4.69, 9.17) is 0 Å². The van der Waals surface area contributed by atoms with Crippen LogP contribution in [0.1, 0.15) is 36.2 Å². The molecule has 124 valence electrons. The summed E-state index contributed by atoms with van der Waals surface area (Å²) in [7, 11) is 0. The Morgan fingerprint density at radius 3 is 3.00 bits per heavy atom. The Morgan fingerprint density at radius 1 is 1.25 bits per heavy atom. The quantitative estimate of drug-likeness (QED) is 0.681. The highest BCUT2D eigenvalue weighted by atomic mass is 32.1. The highest BCUT2D eigenvalue weighted by molar-refractivity contribution is 7.10. The van der Waals surface area contributed by atoms with Crippen LogP contribution in [-0.4, -0.2) is 21.9 Å². The lowest BCUT2D eigenvalue weighted by molar-refractivity contribution is -0.134. The van der Waals surface area contributed by atoms with E-state index in [-0.39, 0.29) is 11.9 Å². The molecule has 0 spiro atoms. The molecule has 3 aromatic rings. The van der Waals surface area contributed by atoms with E-state index < -0.39 is 0 Å². The normalized spacial score (nSPS) is 17.2. The number of aromatic nitrogens is 1. The SMILES string of the molecule is CCC1c2ccsc2CCN1C(=O)CCn1ccc2ccccc21. The van der Waals surface area contributed by atoms with Crippen LogP contribution in [0.25, 0.3) is 10.9 Å². The Labute approximate surface area is 146 Å². The summed E-state index contributed by atoms with van der Waals surface area (Å²) in [6.07, 6.45) is 4.64. The number of para-hydroxylation sites is 1. The summed E-state index contributed by atoms with van der Waals surface area (Å²) in [6.45, 7) is 3.78. The molecule has 0 fully saturated rings. The molecule has 4 heteroatoms. The standard InChI is InChI=1S/C20H22N2OS/c1-2-17-16-10-14-24-19(16)8-13-22(17)20(23)9-12-21-11-7-15-5-3-4-6-18(15)21/h3-7,10-11,14,17H,2,8-9,12-13H2,1H3. The summed E-state index contributed by atoms with van der Waals surface area (Å²) in [5.41, 5.74) is 2.57. The first-order chi connectivity index (χ1) is 11.8. The lowest BCUT2D eigenvalue weighted by Gasteiger charge is -2.35. The zero-order valence-electron chi connectivity index (χ0n) is 13.9. The van der Waals surface area contributed by atoms with Gasteiger partial charge < -0.3 is 9.47 Å². The van der Waals surface area contributed by atoms with E-state index >= 15 is 0 Å². The Morgan fingerprint density at radius 2 is 2.12 bits per heavy atom. The zero-order chi connectivity index (χ0) is 16.5. The van der Waals surface area contributed by atoms with Gasteiger partial charge >= 0.3 is 0 Å². The smallest absolute Gasteiger partial charge is 0.224 e. The monoisotopic (exact) mass is 338 g/mol. The molecule has 0 aliphatic carbocycles. The van der Waals surface area contributed by atoms with Gasteiger partial charge in [0, 0.05) is 36.1 Å². The minimum Gasteiger partial charge on any atom is -0.347 e.